The molecule has 1 fully saturated rings. The molecule has 0 radical (unpaired) electrons. The van der Waals surface area contributed by atoms with E-state index in [1.54, 1.807) is 0 Å². The van der Waals surface area contributed by atoms with Crippen LogP contribution >= 0.6 is 12.4 Å². The third-order valence-corrected chi connectivity index (χ3v) is 3.81. The maximum absolute atomic E-state index is 6.05. The zero-order valence-electron chi connectivity index (χ0n) is 11.3. The Morgan fingerprint density at radius 1 is 1.47 bits per heavy atom. The molecule has 1 saturated heterocycles. The molecule has 2 aromatic heterocycles. The van der Waals surface area contributed by atoms with Crippen LogP contribution in [0.2, 0.25) is 0 Å². The molecule has 0 spiro atoms. The van der Waals surface area contributed by atoms with Crippen molar-refractivity contribution in [3.63, 3.8) is 0 Å². The summed E-state index contributed by atoms with van der Waals surface area (Å²) in [4.78, 5) is 6.78. The van der Waals surface area contributed by atoms with Gasteiger partial charge in [-0.25, -0.2) is 4.98 Å². The number of hydrogen-bond donors (Lipinski definition) is 2. The van der Waals surface area contributed by atoms with Gasteiger partial charge < -0.3 is 5.73 Å². The molecule has 3 N–H and O–H groups in total. The zero-order valence-corrected chi connectivity index (χ0v) is 12.1. The minimum Gasteiger partial charge on any atom is -0.326 e. The Hall–Kier alpha value is -1.17. The second-order valence-corrected chi connectivity index (χ2v) is 5.40. The number of aromatic amines is 1. The van der Waals surface area contributed by atoms with Crippen LogP contribution in [-0.4, -0.2) is 39.2 Å². The lowest BCUT2D eigenvalue weighted by Crippen LogP contribution is -2.28. The topological polar surface area (TPSA) is 70.8 Å². The van der Waals surface area contributed by atoms with Crippen molar-refractivity contribution in [3.05, 3.63) is 23.5 Å². The number of fused-ring (bicyclic) bond motifs is 1. The van der Waals surface area contributed by atoms with Crippen LogP contribution in [0.25, 0.3) is 11.0 Å². The van der Waals surface area contributed by atoms with E-state index in [9.17, 15) is 0 Å². The summed E-state index contributed by atoms with van der Waals surface area (Å²) in [5.41, 5.74) is 9.15. The van der Waals surface area contributed by atoms with Crippen LogP contribution in [0, 0.1) is 12.8 Å². The van der Waals surface area contributed by atoms with Crippen molar-refractivity contribution >= 4 is 23.4 Å². The van der Waals surface area contributed by atoms with Gasteiger partial charge in [-0.2, -0.15) is 5.10 Å². The molecule has 6 heteroatoms. The largest absolute Gasteiger partial charge is 0.326 e. The molecular weight excluding hydrogens is 262 g/mol. The highest BCUT2D eigenvalue weighted by atomic mass is 35.5. The molecule has 2 atom stereocenters. The summed E-state index contributed by atoms with van der Waals surface area (Å²) in [6.07, 6.45) is 1.91. The molecule has 3 rings (SSSR count). The van der Waals surface area contributed by atoms with E-state index in [2.05, 4.69) is 33.1 Å². The standard InChI is InChI=1S/C13H19N5.ClH/c1-8-5-18(7-12(8)14)6-10-3-11-9(2)16-17-13(11)15-4-10;/h3-4,8,12H,5-7,14H2,1-2H3,(H,15,16,17);1H. The summed E-state index contributed by atoms with van der Waals surface area (Å²) >= 11 is 0. The third kappa shape index (κ3) is 2.73. The molecule has 3 heterocycles. The average Bonchev–Trinajstić information content (AvgIpc) is 2.85. The zero-order chi connectivity index (χ0) is 12.7. The molecule has 2 unspecified atom stereocenters. The Labute approximate surface area is 119 Å². The van der Waals surface area contributed by atoms with Gasteiger partial charge in [-0.1, -0.05) is 6.92 Å². The summed E-state index contributed by atoms with van der Waals surface area (Å²) in [6, 6.07) is 2.48. The van der Waals surface area contributed by atoms with Crippen LogP contribution in [0.4, 0.5) is 0 Å². The summed E-state index contributed by atoms with van der Waals surface area (Å²) in [5.74, 6) is 0.581. The van der Waals surface area contributed by atoms with Crippen LogP contribution < -0.4 is 5.73 Å². The highest BCUT2D eigenvalue weighted by Gasteiger charge is 2.26. The van der Waals surface area contributed by atoms with E-state index in [-0.39, 0.29) is 12.4 Å². The maximum Gasteiger partial charge on any atom is 0.181 e. The highest BCUT2D eigenvalue weighted by molar-refractivity contribution is 5.85. The van der Waals surface area contributed by atoms with Gasteiger partial charge >= 0.3 is 0 Å². The molecule has 1 aliphatic heterocycles. The summed E-state index contributed by atoms with van der Waals surface area (Å²) in [6.45, 7) is 7.21. The number of halogens is 1. The number of pyridine rings is 1. The van der Waals surface area contributed by atoms with Crippen molar-refractivity contribution in [2.45, 2.75) is 26.4 Å². The number of rotatable bonds is 2. The number of H-pyrrole nitrogens is 1. The van der Waals surface area contributed by atoms with Crippen molar-refractivity contribution in [1.29, 1.82) is 0 Å². The fourth-order valence-corrected chi connectivity index (χ4v) is 2.63. The van der Waals surface area contributed by atoms with Crippen molar-refractivity contribution in [2.24, 2.45) is 11.7 Å². The third-order valence-electron chi connectivity index (χ3n) is 3.81. The number of aromatic nitrogens is 3. The van der Waals surface area contributed by atoms with Gasteiger partial charge in [0, 0.05) is 43.0 Å². The molecule has 0 saturated carbocycles. The molecule has 0 amide bonds. The van der Waals surface area contributed by atoms with Gasteiger partial charge in [0.15, 0.2) is 5.65 Å². The fraction of sp³-hybridized carbons (Fsp3) is 0.538. The second kappa shape index (κ2) is 5.45. The van der Waals surface area contributed by atoms with Crippen LogP contribution in [0.5, 0.6) is 0 Å². The van der Waals surface area contributed by atoms with Gasteiger partial charge in [0.2, 0.25) is 0 Å². The molecule has 104 valence electrons. The Balaban J connectivity index is 0.00000133. The summed E-state index contributed by atoms with van der Waals surface area (Å²) in [7, 11) is 0. The van der Waals surface area contributed by atoms with E-state index in [1.807, 2.05) is 13.1 Å². The molecular formula is C13H20ClN5. The van der Waals surface area contributed by atoms with Crippen molar-refractivity contribution in [3.8, 4) is 0 Å². The van der Waals surface area contributed by atoms with Gasteiger partial charge in [-0.3, -0.25) is 10.00 Å². The van der Waals surface area contributed by atoms with E-state index in [0.29, 0.717) is 12.0 Å². The molecule has 5 nitrogen and oxygen atoms in total. The first-order valence-electron chi connectivity index (χ1n) is 6.41. The normalized spacial score (nSPS) is 23.7. The van der Waals surface area contributed by atoms with Crippen molar-refractivity contribution in [1.82, 2.24) is 20.1 Å². The number of nitrogens with two attached hydrogens (primary N) is 1. The Kier molecular flexibility index (Phi) is 4.08. The Bertz CT molecular complexity index is 557. The highest BCUT2D eigenvalue weighted by Crippen LogP contribution is 2.19. The SMILES string of the molecule is Cc1[nH]nc2ncc(CN3CC(C)C(N)C3)cc12.Cl. The van der Waals surface area contributed by atoms with Gasteiger partial charge in [0.25, 0.3) is 0 Å². The molecule has 0 aliphatic carbocycles. The van der Waals surface area contributed by atoms with Crippen LogP contribution in [-0.2, 0) is 6.54 Å². The molecule has 0 bridgehead atoms. The average molecular weight is 282 g/mol. The molecule has 1 aliphatic rings. The first-order chi connectivity index (χ1) is 8.63. The lowest BCUT2D eigenvalue weighted by atomic mass is 10.1. The lowest BCUT2D eigenvalue weighted by molar-refractivity contribution is 0.318. The van der Waals surface area contributed by atoms with E-state index < -0.39 is 0 Å². The number of likely N-dealkylation sites (tertiary alicyclic amines) is 1. The van der Waals surface area contributed by atoms with Gasteiger partial charge in [-0.05, 0) is 24.5 Å². The van der Waals surface area contributed by atoms with Crippen LogP contribution in [0.15, 0.2) is 12.3 Å². The summed E-state index contributed by atoms with van der Waals surface area (Å²) < 4.78 is 0. The van der Waals surface area contributed by atoms with Gasteiger partial charge in [0.05, 0.1) is 0 Å². The first kappa shape index (κ1) is 14.2. The van der Waals surface area contributed by atoms with Crippen molar-refractivity contribution in [2.75, 3.05) is 13.1 Å². The fourth-order valence-electron chi connectivity index (χ4n) is 2.63. The first-order valence-corrected chi connectivity index (χ1v) is 6.41. The van der Waals surface area contributed by atoms with Crippen molar-refractivity contribution < 1.29 is 0 Å². The number of nitrogens with one attached hydrogen (secondary N) is 1. The Morgan fingerprint density at radius 3 is 2.95 bits per heavy atom. The monoisotopic (exact) mass is 281 g/mol. The van der Waals surface area contributed by atoms with E-state index in [0.717, 1.165) is 36.4 Å². The predicted octanol–water partition coefficient (Wildman–Crippen LogP) is 1.47. The predicted molar refractivity (Wildman–Crippen MR) is 78.3 cm³/mol. The molecule has 2 aromatic rings. The van der Waals surface area contributed by atoms with Gasteiger partial charge in [0.1, 0.15) is 0 Å². The molecule has 19 heavy (non-hydrogen) atoms. The number of nitrogens with zero attached hydrogens (tertiary/aromatic N) is 3. The Morgan fingerprint density at radius 2 is 2.26 bits per heavy atom. The summed E-state index contributed by atoms with van der Waals surface area (Å²) in [5, 5.41) is 8.23. The molecule has 0 aromatic carbocycles. The minimum absolute atomic E-state index is 0. The smallest absolute Gasteiger partial charge is 0.181 e. The number of hydrogen-bond acceptors (Lipinski definition) is 4. The van der Waals surface area contributed by atoms with Crippen LogP contribution in [0.3, 0.4) is 0 Å². The maximum atomic E-state index is 6.05. The van der Waals surface area contributed by atoms with E-state index >= 15 is 0 Å². The number of aryl methyl sites for hydroxylation is 1. The second-order valence-electron chi connectivity index (χ2n) is 5.40. The lowest BCUT2D eigenvalue weighted by Gasteiger charge is -2.14. The van der Waals surface area contributed by atoms with E-state index in [4.69, 9.17) is 5.73 Å². The van der Waals surface area contributed by atoms with Crippen LogP contribution in [0.1, 0.15) is 18.2 Å². The van der Waals surface area contributed by atoms with Gasteiger partial charge in [-0.15, -0.1) is 12.4 Å². The van der Waals surface area contributed by atoms with E-state index in [1.165, 1.54) is 5.56 Å². The quantitative estimate of drug-likeness (QED) is 0.874. The minimum atomic E-state index is 0.